The Morgan fingerprint density at radius 3 is 1.15 bits per heavy atom. The predicted octanol–water partition coefficient (Wildman–Crippen LogP) is 16.1. The molecule has 13 aromatic rings. The second kappa shape index (κ2) is 16.4. The first-order chi connectivity index (χ1) is 33.7. The Morgan fingerprint density at radius 2 is 0.647 bits per heavy atom. The van der Waals surface area contributed by atoms with Gasteiger partial charge >= 0.3 is 0 Å². The molecule has 13 rings (SSSR count). The highest BCUT2D eigenvalue weighted by Gasteiger charge is 2.25. The Kier molecular flexibility index (Phi) is 9.43. The fourth-order valence-electron chi connectivity index (χ4n) is 10.1. The zero-order valence-corrected chi connectivity index (χ0v) is 36.9. The lowest BCUT2D eigenvalue weighted by molar-refractivity contribution is 1.07. The molecular weight excluding hydrogens is 827 g/mol. The SMILES string of the molecule is c1ccc(-c2nc(-c3ccccc3)nc(-c3cc(-c4ccccc4)c(-n4c5ccc(-n6c7ccccc7c7ccccc76)cc5c5c(-c6ccccc6)cccc54)c(-c4ccccc4)c3)n2)cc1. The summed E-state index contributed by atoms with van der Waals surface area (Å²) in [6.07, 6.45) is 0. The van der Waals surface area contributed by atoms with E-state index >= 15 is 0 Å². The van der Waals surface area contributed by atoms with E-state index in [4.69, 9.17) is 15.0 Å². The summed E-state index contributed by atoms with van der Waals surface area (Å²) in [5, 5.41) is 4.83. The maximum atomic E-state index is 5.25. The van der Waals surface area contributed by atoms with Gasteiger partial charge in [0.1, 0.15) is 0 Å². The Hall–Kier alpha value is -9.19. The first-order valence-electron chi connectivity index (χ1n) is 23.0. The van der Waals surface area contributed by atoms with Crippen LogP contribution >= 0.6 is 0 Å². The van der Waals surface area contributed by atoms with E-state index in [2.05, 4.69) is 221 Å². The molecule has 0 aliphatic carbocycles. The topological polar surface area (TPSA) is 48.5 Å². The summed E-state index contributed by atoms with van der Waals surface area (Å²) >= 11 is 0. The van der Waals surface area contributed by atoms with E-state index in [0.29, 0.717) is 17.5 Å². The van der Waals surface area contributed by atoms with E-state index in [1.807, 2.05) is 36.4 Å². The van der Waals surface area contributed by atoms with Crippen LogP contribution in [0.3, 0.4) is 0 Å². The molecule has 3 aromatic heterocycles. The average molecular weight is 868 g/mol. The van der Waals surface area contributed by atoms with Crippen LogP contribution in [-0.2, 0) is 0 Å². The van der Waals surface area contributed by atoms with E-state index < -0.39 is 0 Å². The van der Waals surface area contributed by atoms with Gasteiger partial charge in [-0.1, -0.05) is 200 Å². The number of benzene rings is 10. The summed E-state index contributed by atoms with van der Waals surface area (Å²) in [5.74, 6) is 1.84. The van der Waals surface area contributed by atoms with Gasteiger partial charge in [0.05, 0.1) is 27.8 Å². The van der Waals surface area contributed by atoms with Crippen molar-refractivity contribution in [1.29, 1.82) is 0 Å². The number of hydrogen-bond donors (Lipinski definition) is 0. The van der Waals surface area contributed by atoms with Crippen LogP contribution in [0.1, 0.15) is 0 Å². The highest BCUT2D eigenvalue weighted by atomic mass is 15.0. The number of para-hydroxylation sites is 2. The molecule has 0 aliphatic rings. The lowest BCUT2D eigenvalue weighted by atomic mass is 9.92. The molecule has 0 aliphatic heterocycles. The molecule has 0 amide bonds. The Morgan fingerprint density at radius 1 is 0.250 bits per heavy atom. The lowest BCUT2D eigenvalue weighted by Gasteiger charge is -2.21. The van der Waals surface area contributed by atoms with Gasteiger partial charge in [-0.05, 0) is 70.8 Å². The highest BCUT2D eigenvalue weighted by molar-refractivity contribution is 6.18. The zero-order valence-electron chi connectivity index (χ0n) is 36.9. The van der Waals surface area contributed by atoms with Gasteiger partial charge in [-0.25, -0.2) is 15.0 Å². The molecule has 0 bridgehead atoms. The third kappa shape index (κ3) is 6.59. The molecule has 0 N–H and O–H groups in total. The van der Waals surface area contributed by atoms with E-state index in [0.717, 1.165) is 61.4 Å². The van der Waals surface area contributed by atoms with E-state index in [9.17, 15) is 0 Å². The van der Waals surface area contributed by atoms with Crippen LogP contribution in [0.15, 0.2) is 249 Å². The predicted molar refractivity (Wildman–Crippen MR) is 281 cm³/mol. The van der Waals surface area contributed by atoms with Crippen LogP contribution in [0.5, 0.6) is 0 Å². The smallest absolute Gasteiger partial charge is 0.164 e. The first kappa shape index (κ1) is 39.2. The molecule has 318 valence electrons. The van der Waals surface area contributed by atoms with Gasteiger partial charge in [-0.3, -0.25) is 0 Å². The summed E-state index contributed by atoms with van der Waals surface area (Å²) in [6, 6.07) is 88.4. The quantitative estimate of drug-likeness (QED) is 0.153. The molecule has 0 spiro atoms. The van der Waals surface area contributed by atoms with Crippen molar-refractivity contribution >= 4 is 43.6 Å². The molecule has 5 nitrogen and oxygen atoms in total. The van der Waals surface area contributed by atoms with Crippen molar-refractivity contribution in [2.75, 3.05) is 0 Å². The molecule has 0 fully saturated rings. The monoisotopic (exact) mass is 867 g/mol. The minimum Gasteiger partial charge on any atom is -0.309 e. The van der Waals surface area contributed by atoms with Crippen LogP contribution < -0.4 is 0 Å². The lowest BCUT2D eigenvalue weighted by Crippen LogP contribution is -2.04. The van der Waals surface area contributed by atoms with Crippen molar-refractivity contribution in [2.24, 2.45) is 0 Å². The standard InChI is InChI=1S/C63H41N5/c1-6-21-42(22-7-1)49-33-20-36-58-59(49)54-41-48(67-55-34-18-16-31-50(55)51-32-17-19-35-56(51)67)37-38-57(54)68(58)60-52(43-23-8-2-9-24-43)39-47(40-53(60)44-25-10-3-11-26-44)63-65-61(45-27-12-4-13-28-45)64-62(66-63)46-29-14-5-15-30-46/h1-41H. The number of aromatic nitrogens is 5. The van der Waals surface area contributed by atoms with Gasteiger partial charge in [0, 0.05) is 55.0 Å². The number of fused-ring (bicyclic) bond motifs is 6. The molecule has 68 heavy (non-hydrogen) atoms. The molecule has 3 heterocycles. The third-order valence-corrected chi connectivity index (χ3v) is 13.2. The van der Waals surface area contributed by atoms with Crippen molar-refractivity contribution in [3.05, 3.63) is 249 Å². The minimum atomic E-state index is 0.600. The van der Waals surface area contributed by atoms with Crippen molar-refractivity contribution in [3.63, 3.8) is 0 Å². The minimum absolute atomic E-state index is 0.600. The second-order valence-corrected chi connectivity index (χ2v) is 17.2. The Bertz CT molecular complexity index is 3820. The third-order valence-electron chi connectivity index (χ3n) is 13.2. The zero-order chi connectivity index (χ0) is 45.0. The Balaban J connectivity index is 1.15. The van der Waals surface area contributed by atoms with Crippen LogP contribution in [0.25, 0.3) is 123 Å². The molecule has 0 unspecified atom stereocenters. The fourth-order valence-corrected chi connectivity index (χ4v) is 10.1. The second-order valence-electron chi connectivity index (χ2n) is 17.2. The van der Waals surface area contributed by atoms with Gasteiger partial charge in [0.15, 0.2) is 17.5 Å². The summed E-state index contributed by atoms with van der Waals surface area (Å²) in [5.41, 5.74) is 16.1. The summed E-state index contributed by atoms with van der Waals surface area (Å²) in [7, 11) is 0. The van der Waals surface area contributed by atoms with Gasteiger partial charge in [0.25, 0.3) is 0 Å². The Labute approximate surface area is 393 Å². The van der Waals surface area contributed by atoms with Crippen LogP contribution in [-0.4, -0.2) is 24.1 Å². The maximum absolute atomic E-state index is 5.25. The first-order valence-corrected chi connectivity index (χ1v) is 23.0. The largest absolute Gasteiger partial charge is 0.309 e. The van der Waals surface area contributed by atoms with Gasteiger partial charge in [-0.15, -0.1) is 0 Å². The molecule has 10 aromatic carbocycles. The number of hydrogen-bond acceptors (Lipinski definition) is 3. The highest BCUT2D eigenvalue weighted by Crippen LogP contribution is 2.46. The molecule has 5 heteroatoms. The van der Waals surface area contributed by atoms with Gasteiger partial charge in [0.2, 0.25) is 0 Å². The van der Waals surface area contributed by atoms with E-state index in [-0.39, 0.29) is 0 Å². The van der Waals surface area contributed by atoms with Crippen molar-refractivity contribution < 1.29 is 0 Å². The number of rotatable bonds is 8. The molecular formula is C63H41N5. The van der Waals surface area contributed by atoms with Gasteiger partial charge in [-0.2, -0.15) is 0 Å². The fraction of sp³-hybridized carbons (Fsp3) is 0. The molecule has 0 atom stereocenters. The summed E-state index contributed by atoms with van der Waals surface area (Å²) < 4.78 is 4.92. The van der Waals surface area contributed by atoms with Crippen molar-refractivity contribution in [2.45, 2.75) is 0 Å². The van der Waals surface area contributed by atoms with Crippen LogP contribution in [0, 0.1) is 0 Å². The molecule has 0 saturated heterocycles. The van der Waals surface area contributed by atoms with Gasteiger partial charge < -0.3 is 9.13 Å². The summed E-state index contributed by atoms with van der Waals surface area (Å²) in [4.78, 5) is 15.6. The van der Waals surface area contributed by atoms with Crippen LogP contribution in [0.4, 0.5) is 0 Å². The molecule has 0 radical (unpaired) electrons. The average Bonchev–Trinajstić information content (AvgIpc) is 3.94. The normalized spacial score (nSPS) is 11.5. The molecule has 0 saturated carbocycles. The summed E-state index contributed by atoms with van der Waals surface area (Å²) in [6.45, 7) is 0. The maximum Gasteiger partial charge on any atom is 0.164 e. The van der Waals surface area contributed by atoms with Crippen LogP contribution in [0.2, 0.25) is 0 Å². The van der Waals surface area contributed by atoms with Crippen molar-refractivity contribution in [3.8, 4) is 78.9 Å². The van der Waals surface area contributed by atoms with Crippen molar-refractivity contribution in [1.82, 2.24) is 24.1 Å². The van der Waals surface area contributed by atoms with E-state index in [1.54, 1.807) is 0 Å². The van der Waals surface area contributed by atoms with E-state index in [1.165, 1.54) is 43.7 Å². The number of nitrogens with zero attached hydrogens (tertiary/aromatic N) is 5.